The quantitative estimate of drug-likeness (QED) is 0.424. The van der Waals surface area contributed by atoms with Crippen LogP contribution < -0.4 is 10.6 Å². The maximum Gasteiger partial charge on any atom is 0.390 e. The highest BCUT2D eigenvalue weighted by Crippen LogP contribution is 2.19. The summed E-state index contributed by atoms with van der Waals surface area (Å²) in [6.07, 6.45) is -5.08. The van der Waals surface area contributed by atoms with E-state index >= 15 is 0 Å². The number of nitrogens with one attached hydrogen (secondary N) is 2. The molecule has 0 spiro atoms. The summed E-state index contributed by atoms with van der Waals surface area (Å²) < 4.78 is 36.2. The minimum Gasteiger partial charge on any atom is -0.356 e. The lowest BCUT2D eigenvalue weighted by atomic mass is 10.1. The maximum absolute atomic E-state index is 12.1. The van der Waals surface area contributed by atoms with Gasteiger partial charge in [0.1, 0.15) is 0 Å². The van der Waals surface area contributed by atoms with Crippen molar-refractivity contribution in [3.8, 4) is 0 Å². The van der Waals surface area contributed by atoms with Crippen LogP contribution in [0.15, 0.2) is 29.3 Å². The lowest BCUT2D eigenvalue weighted by Crippen LogP contribution is -2.40. The summed E-state index contributed by atoms with van der Waals surface area (Å²) in [6.45, 7) is 1.66. The molecule has 0 amide bonds. The van der Waals surface area contributed by atoms with E-state index in [1.165, 1.54) is 7.05 Å². The van der Waals surface area contributed by atoms with Gasteiger partial charge in [0.25, 0.3) is 0 Å². The van der Waals surface area contributed by atoms with Crippen molar-refractivity contribution in [2.45, 2.75) is 25.6 Å². The van der Waals surface area contributed by atoms with Crippen LogP contribution in [0, 0.1) is 0 Å². The van der Waals surface area contributed by atoms with Gasteiger partial charge in [-0.15, -0.1) is 24.0 Å². The summed E-state index contributed by atoms with van der Waals surface area (Å²) in [5, 5.41) is 6.24. The average Bonchev–Trinajstić information content (AvgIpc) is 2.36. The smallest absolute Gasteiger partial charge is 0.356 e. The van der Waals surface area contributed by atoms with Crippen molar-refractivity contribution in [3.63, 3.8) is 0 Å². The predicted octanol–water partition coefficient (Wildman–Crippen LogP) is 4.14. The van der Waals surface area contributed by atoms with Gasteiger partial charge in [0.2, 0.25) is 0 Å². The summed E-state index contributed by atoms with van der Waals surface area (Å²) in [7, 11) is 1.51. The van der Waals surface area contributed by atoms with Gasteiger partial charge < -0.3 is 10.6 Å². The predicted molar refractivity (Wildman–Crippen MR) is 90.5 cm³/mol. The molecule has 0 radical (unpaired) electrons. The standard InChI is InChI=1S/C13H17ClF3N3.HI/c1-9(10-4-3-5-11(14)8-10)20-12(18-2)19-7-6-13(15,16)17;/h3-5,8-9H,6-7H2,1-2H3,(H2,18,19,20);1H. The number of alkyl halides is 3. The van der Waals surface area contributed by atoms with E-state index in [4.69, 9.17) is 11.6 Å². The summed E-state index contributed by atoms with van der Waals surface area (Å²) in [4.78, 5) is 3.89. The van der Waals surface area contributed by atoms with E-state index in [9.17, 15) is 13.2 Å². The first-order valence-electron chi connectivity index (χ1n) is 6.11. The molecule has 0 aliphatic rings. The van der Waals surface area contributed by atoms with Crippen molar-refractivity contribution in [2.24, 2.45) is 4.99 Å². The number of hydrogen-bond acceptors (Lipinski definition) is 1. The Morgan fingerprint density at radius 2 is 2.05 bits per heavy atom. The summed E-state index contributed by atoms with van der Waals surface area (Å²) >= 11 is 5.89. The fourth-order valence-electron chi connectivity index (χ4n) is 1.58. The van der Waals surface area contributed by atoms with Crippen LogP contribution in [0.25, 0.3) is 0 Å². The normalized spacial score (nSPS) is 13.3. The fraction of sp³-hybridized carbons (Fsp3) is 0.462. The van der Waals surface area contributed by atoms with Crippen LogP contribution in [0.4, 0.5) is 13.2 Å². The number of nitrogens with zero attached hydrogens (tertiary/aromatic N) is 1. The first-order chi connectivity index (χ1) is 9.31. The number of aliphatic imine (C=N–C) groups is 1. The van der Waals surface area contributed by atoms with Crippen molar-refractivity contribution in [3.05, 3.63) is 34.9 Å². The zero-order chi connectivity index (χ0) is 15.2. The second-order valence-corrected chi connectivity index (χ2v) is 4.72. The third-order valence-corrected chi connectivity index (χ3v) is 2.86. The topological polar surface area (TPSA) is 36.4 Å². The molecule has 21 heavy (non-hydrogen) atoms. The molecule has 1 rings (SSSR count). The highest BCUT2D eigenvalue weighted by atomic mass is 127. The number of halogens is 5. The third-order valence-electron chi connectivity index (χ3n) is 2.63. The molecule has 0 fully saturated rings. The van der Waals surface area contributed by atoms with Crippen molar-refractivity contribution in [1.29, 1.82) is 0 Å². The SMILES string of the molecule is CN=C(NCCC(F)(F)F)NC(C)c1cccc(Cl)c1.I. The molecule has 3 nitrogen and oxygen atoms in total. The number of hydrogen-bond donors (Lipinski definition) is 2. The monoisotopic (exact) mass is 435 g/mol. The molecule has 8 heteroatoms. The van der Waals surface area contributed by atoms with Crippen molar-refractivity contribution in [2.75, 3.05) is 13.6 Å². The van der Waals surface area contributed by atoms with E-state index in [-0.39, 0.29) is 36.6 Å². The minimum absolute atomic E-state index is 0. The molecule has 0 saturated carbocycles. The number of guanidine groups is 1. The zero-order valence-corrected chi connectivity index (χ0v) is 14.8. The Balaban J connectivity index is 0.00000400. The van der Waals surface area contributed by atoms with E-state index in [0.29, 0.717) is 11.0 Å². The van der Waals surface area contributed by atoms with Gasteiger partial charge in [-0.1, -0.05) is 23.7 Å². The highest BCUT2D eigenvalue weighted by molar-refractivity contribution is 14.0. The summed E-state index contributed by atoms with van der Waals surface area (Å²) in [5.74, 6) is 0.321. The molecule has 0 bridgehead atoms. The molecule has 0 heterocycles. The van der Waals surface area contributed by atoms with Crippen LogP contribution in [-0.2, 0) is 0 Å². The maximum atomic E-state index is 12.1. The second kappa shape index (κ2) is 9.34. The van der Waals surface area contributed by atoms with Crippen LogP contribution >= 0.6 is 35.6 Å². The lowest BCUT2D eigenvalue weighted by Gasteiger charge is -2.18. The Kier molecular flexibility index (Phi) is 9.03. The van der Waals surface area contributed by atoms with Gasteiger partial charge in [-0.05, 0) is 24.6 Å². The molecule has 0 saturated heterocycles. The van der Waals surface area contributed by atoms with E-state index in [0.717, 1.165) is 5.56 Å². The van der Waals surface area contributed by atoms with E-state index in [1.807, 2.05) is 19.1 Å². The fourth-order valence-corrected chi connectivity index (χ4v) is 1.78. The van der Waals surface area contributed by atoms with E-state index < -0.39 is 12.6 Å². The van der Waals surface area contributed by atoms with Gasteiger partial charge in [0.05, 0.1) is 12.5 Å². The first kappa shape index (κ1) is 20.3. The van der Waals surface area contributed by atoms with Gasteiger partial charge in [0, 0.05) is 18.6 Å². The minimum atomic E-state index is -4.18. The lowest BCUT2D eigenvalue weighted by molar-refractivity contribution is -0.132. The molecule has 1 aromatic carbocycles. The van der Waals surface area contributed by atoms with E-state index in [1.54, 1.807) is 12.1 Å². The molecule has 1 aromatic rings. The molecule has 1 unspecified atom stereocenters. The second-order valence-electron chi connectivity index (χ2n) is 4.29. The molecule has 0 aliphatic heterocycles. The average molecular weight is 436 g/mol. The molecule has 0 aromatic heterocycles. The van der Waals surface area contributed by atoms with Crippen LogP contribution in [0.3, 0.4) is 0 Å². The zero-order valence-electron chi connectivity index (χ0n) is 11.7. The van der Waals surface area contributed by atoms with Gasteiger partial charge in [-0.25, -0.2) is 0 Å². The van der Waals surface area contributed by atoms with Gasteiger partial charge in [-0.3, -0.25) is 4.99 Å². The van der Waals surface area contributed by atoms with Crippen LogP contribution in [0.1, 0.15) is 24.9 Å². The van der Waals surface area contributed by atoms with Crippen molar-refractivity contribution < 1.29 is 13.2 Å². The molecule has 0 aliphatic carbocycles. The third kappa shape index (κ3) is 8.35. The Morgan fingerprint density at radius 3 is 2.57 bits per heavy atom. The highest BCUT2D eigenvalue weighted by Gasteiger charge is 2.26. The molecular weight excluding hydrogens is 418 g/mol. The first-order valence-corrected chi connectivity index (χ1v) is 6.49. The molecule has 120 valence electrons. The van der Waals surface area contributed by atoms with Crippen LogP contribution in [0.2, 0.25) is 5.02 Å². The van der Waals surface area contributed by atoms with Gasteiger partial charge in [0.15, 0.2) is 5.96 Å². The Labute approximate surface area is 144 Å². The molecule has 2 N–H and O–H groups in total. The number of benzene rings is 1. The van der Waals surface area contributed by atoms with Crippen LogP contribution in [0.5, 0.6) is 0 Å². The summed E-state index contributed by atoms with van der Waals surface area (Å²) in [6, 6.07) is 7.13. The van der Waals surface area contributed by atoms with Gasteiger partial charge in [-0.2, -0.15) is 13.2 Å². The van der Waals surface area contributed by atoms with Gasteiger partial charge >= 0.3 is 6.18 Å². The Morgan fingerprint density at radius 1 is 1.38 bits per heavy atom. The largest absolute Gasteiger partial charge is 0.390 e. The number of rotatable bonds is 4. The van der Waals surface area contributed by atoms with Crippen molar-refractivity contribution in [1.82, 2.24) is 10.6 Å². The molecule has 1 atom stereocenters. The van der Waals surface area contributed by atoms with Crippen molar-refractivity contribution >= 4 is 41.5 Å². The summed E-state index contributed by atoms with van der Waals surface area (Å²) in [5.41, 5.74) is 0.927. The van der Waals surface area contributed by atoms with Crippen LogP contribution in [-0.4, -0.2) is 25.7 Å². The van der Waals surface area contributed by atoms with E-state index in [2.05, 4.69) is 15.6 Å². The Hall–Kier alpha value is -0.700. The molecular formula is C13H18ClF3IN3. The Bertz CT molecular complexity index is 466.